The fourth-order valence-electron chi connectivity index (χ4n) is 6.58. The van der Waals surface area contributed by atoms with Crippen LogP contribution >= 0.6 is 0 Å². The van der Waals surface area contributed by atoms with Crippen LogP contribution in [0.2, 0.25) is 0 Å². The highest BCUT2D eigenvalue weighted by Gasteiger charge is 2.45. The van der Waals surface area contributed by atoms with Crippen LogP contribution in [-0.4, -0.2) is 0 Å². The topological polar surface area (TPSA) is 3.24 Å². The zero-order chi connectivity index (χ0) is 28.2. The van der Waals surface area contributed by atoms with E-state index in [0.717, 1.165) is 11.4 Å². The lowest BCUT2D eigenvalue weighted by Gasteiger charge is -2.48. The van der Waals surface area contributed by atoms with E-state index < -0.39 is 0 Å². The number of fused-ring (bicyclic) bond motifs is 4. The largest absolute Gasteiger partial charge is 0.310 e. The zero-order valence-corrected chi connectivity index (χ0v) is 24.2. The summed E-state index contributed by atoms with van der Waals surface area (Å²) >= 11 is 0. The van der Waals surface area contributed by atoms with Crippen LogP contribution in [0.15, 0.2) is 140 Å². The molecular formula is C40H35N. The third-order valence-corrected chi connectivity index (χ3v) is 9.59. The predicted molar refractivity (Wildman–Crippen MR) is 176 cm³/mol. The molecule has 1 aliphatic rings. The van der Waals surface area contributed by atoms with Gasteiger partial charge >= 0.3 is 0 Å². The Morgan fingerprint density at radius 3 is 1.83 bits per heavy atom. The summed E-state index contributed by atoms with van der Waals surface area (Å²) in [6.45, 7) is 9.59. The van der Waals surface area contributed by atoms with Crippen LogP contribution in [0.3, 0.4) is 0 Å². The number of nitrogens with zero attached hydrogens (tertiary/aromatic N) is 1. The first-order valence-corrected chi connectivity index (χ1v) is 14.5. The maximum Gasteiger partial charge on any atom is 0.0467 e. The first-order valence-electron chi connectivity index (χ1n) is 14.5. The maximum atomic E-state index is 2.43. The Hall–Kier alpha value is -4.62. The molecule has 0 N–H and O–H groups in total. The van der Waals surface area contributed by atoms with E-state index in [1.165, 1.54) is 49.8 Å². The highest BCUT2D eigenvalue weighted by molar-refractivity contribution is 5.89. The van der Waals surface area contributed by atoms with Crippen LogP contribution in [0.25, 0.3) is 33.0 Å². The van der Waals surface area contributed by atoms with Crippen LogP contribution < -0.4 is 4.90 Å². The minimum absolute atomic E-state index is 0.0111. The Kier molecular flexibility index (Phi) is 5.87. The molecule has 6 aromatic carbocycles. The maximum absolute atomic E-state index is 2.43. The van der Waals surface area contributed by atoms with E-state index in [1.807, 2.05) is 0 Å². The van der Waals surface area contributed by atoms with Gasteiger partial charge in [0.1, 0.15) is 0 Å². The standard InChI is InChI=1S/C40H35N/c1-39(2)37-20-11-10-19-35(37)36-24-23-34(27-38(36)40(39,3)4)41(32-16-6-5-7-17-32)33-18-12-15-30(26-33)31-22-21-28-13-8-9-14-29(28)25-31/h5-27H,1-4H3. The Morgan fingerprint density at radius 1 is 0.390 bits per heavy atom. The molecule has 0 unspecified atom stereocenters. The number of rotatable bonds is 4. The average molecular weight is 530 g/mol. The number of anilines is 3. The lowest BCUT2D eigenvalue weighted by Crippen LogP contribution is -2.43. The molecule has 0 fully saturated rings. The fraction of sp³-hybridized carbons (Fsp3) is 0.150. The second kappa shape index (κ2) is 9.49. The van der Waals surface area contributed by atoms with Gasteiger partial charge in [0, 0.05) is 17.1 Å². The number of para-hydroxylation sites is 1. The fourth-order valence-corrected chi connectivity index (χ4v) is 6.58. The third-order valence-electron chi connectivity index (χ3n) is 9.59. The molecule has 0 spiro atoms. The first-order chi connectivity index (χ1) is 19.8. The van der Waals surface area contributed by atoms with E-state index >= 15 is 0 Å². The van der Waals surface area contributed by atoms with Gasteiger partial charge in [-0.2, -0.15) is 0 Å². The van der Waals surface area contributed by atoms with E-state index in [-0.39, 0.29) is 10.8 Å². The van der Waals surface area contributed by atoms with Gasteiger partial charge in [0.25, 0.3) is 0 Å². The van der Waals surface area contributed by atoms with E-state index in [9.17, 15) is 0 Å². The Bertz CT molecular complexity index is 1890. The summed E-state index contributed by atoms with van der Waals surface area (Å²) < 4.78 is 0. The summed E-state index contributed by atoms with van der Waals surface area (Å²) in [6.07, 6.45) is 0. The molecule has 0 amide bonds. The van der Waals surface area contributed by atoms with Crippen molar-refractivity contribution in [3.8, 4) is 22.3 Å². The molecule has 0 atom stereocenters. The average Bonchev–Trinajstić information content (AvgIpc) is 3.01. The van der Waals surface area contributed by atoms with Crippen LogP contribution in [0.1, 0.15) is 38.8 Å². The summed E-state index contributed by atoms with van der Waals surface area (Å²) in [5.41, 5.74) is 11.4. The van der Waals surface area contributed by atoms with Crippen molar-refractivity contribution >= 4 is 27.8 Å². The molecule has 1 nitrogen and oxygen atoms in total. The van der Waals surface area contributed by atoms with Gasteiger partial charge in [0.05, 0.1) is 0 Å². The monoisotopic (exact) mass is 529 g/mol. The first kappa shape index (κ1) is 25.4. The molecule has 200 valence electrons. The molecular weight excluding hydrogens is 494 g/mol. The molecule has 1 aliphatic carbocycles. The van der Waals surface area contributed by atoms with Crippen molar-refractivity contribution in [3.05, 3.63) is 151 Å². The van der Waals surface area contributed by atoms with Crippen molar-refractivity contribution in [1.82, 2.24) is 0 Å². The molecule has 0 bridgehead atoms. The van der Waals surface area contributed by atoms with E-state index in [4.69, 9.17) is 0 Å². The van der Waals surface area contributed by atoms with Crippen molar-refractivity contribution in [2.75, 3.05) is 4.90 Å². The molecule has 0 saturated carbocycles. The summed E-state index contributed by atoms with van der Waals surface area (Å²) in [6, 6.07) is 51.0. The van der Waals surface area contributed by atoms with Gasteiger partial charge in [-0.3, -0.25) is 0 Å². The lowest BCUT2D eigenvalue weighted by molar-refractivity contribution is 0.299. The van der Waals surface area contributed by atoms with Crippen molar-refractivity contribution in [2.45, 2.75) is 38.5 Å². The molecule has 0 aromatic heterocycles. The Balaban J connectivity index is 1.40. The molecule has 6 aromatic rings. The van der Waals surface area contributed by atoms with Crippen molar-refractivity contribution in [2.24, 2.45) is 0 Å². The van der Waals surface area contributed by atoms with Gasteiger partial charge in [-0.05, 0) is 97.4 Å². The third kappa shape index (κ3) is 4.07. The van der Waals surface area contributed by atoms with Crippen molar-refractivity contribution in [1.29, 1.82) is 0 Å². The molecule has 1 heteroatoms. The van der Waals surface area contributed by atoms with Gasteiger partial charge in [0.2, 0.25) is 0 Å². The SMILES string of the molecule is CC1(C)c2ccccc2-c2ccc(N(c3ccccc3)c3cccc(-c4ccc5ccccc5c4)c3)cc2C1(C)C. The van der Waals surface area contributed by atoms with Gasteiger partial charge in [0.15, 0.2) is 0 Å². The van der Waals surface area contributed by atoms with Gasteiger partial charge in [-0.1, -0.05) is 125 Å². The molecule has 0 heterocycles. The number of hydrogen-bond donors (Lipinski definition) is 0. The highest BCUT2D eigenvalue weighted by atomic mass is 15.1. The van der Waals surface area contributed by atoms with E-state index in [1.54, 1.807) is 0 Å². The summed E-state index contributed by atoms with van der Waals surface area (Å²) in [4.78, 5) is 2.40. The van der Waals surface area contributed by atoms with Crippen LogP contribution in [0.4, 0.5) is 17.1 Å². The quantitative estimate of drug-likeness (QED) is 0.219. The molecule has 41 heavy (non-hydrogen) atoms. The molecule has 7 rings (SSSR count). The zero-order valence-electron chi connectivity index (χ0n) is 24.2. The predicted octanol–water partition coefficient (Wildman–Crippen LogP) is 11.2. The Morgan fingerprint density at radius 2 is 1.00 bits per heavy atom. The van der Waals surface area contributed by atoms with Crippen LogP contribution in [0, 0.1) is 0 Å². The van der Waals surface area contributed by atoms with Crippen LogP contribution in [-0.2, 0) is 10.8 Å². The number of hydrogen-bond acceptors (Lipinski definition) is 1. The minimum atomic E-state index is -0.0536. The van der Waals surface area contributed by atoms with E-state index in [0.29, 0.717) is 0 Å². The summed E-state index contributed by atoms with van der Waals surface area (Å²) in [5, 5.41) is 2.52. The van der Waals surface area contributed by atoms with E-state index in [2.05, 4.69) is 172 Å². The van der Waals surface area contributed by atoms with Gasteiger partial charge in [-0.15, -0.1) is 0 Å². The van der Waals surface area contributed by atoms with Crippen molar-refractivity contribution in [3.63, 3.8) is 0 Å². The van der Waals surface area contributed by atoms with Crippen molar-refractivity contribution < 1.29 is 0 Å². The van der Waals surface area contributed by atoms with Crippen LogP contribution in [0.5, 0.6) is 0 Å². The smallest absolute Gasteiger partial charge is 0.0467 e. The molecule has 0 saturated heterocycles. The van der Waals surface area contributed by atoms with Gasteiger partial charge in [-0.25, -0.2) is 0 Å². The number of benzene rings is 6. The summed E-state index contributed by atoms with van der Waals surface area (Å²) in [7, 11) is 0. The molecule has 0 aliphatic heterocycles. The summed E-state index contributed by atoms with van der Waals surface area (Å²) in [5.74, 6) is 0. The second-order valence-corrected chi connectivity index (χ2v) is 12.3. The normalized spacial score (nSPS) is 14.7. The molecule has 0 radical (unpaired) electrons. The Labute approximate surface area is 243 Å². The lowest BCUT2D eigenvalue weighted by atomic mass is 9.55. The minimum Gasteiger partial charge on any atom is -0.310 e. The van der Waals surface area contributed by atoms with Gasteiger partial charge < -0.3 is 4.90 Å². The second-order valence-electron chi connectivity index (χ2n) is 12.3. The highest BCUT2D eigenvalue weighted by Crippen LogP contribution is 2.54.